The minimum absolute atomic E-state index is 0.0799. The molecule has 0 bridgehead atoms. The average molecular weight is 476 g/mol. The van der Waals surface area contributed by atoms with Crippen molar-refractivity contribution in [3.05, 3.63) is 35.6 Å². The number of piperidine rings is 1. The smallest absolute Gasteiger partial charge is 0.315 e. The molecule has 2 unspecified atom stereocenters. The number of nitrogens with one attached hydrogen (secondary N) is 1. The number of urea groups is 1. The summed E-state index contributed by atoms with van der Waals surface area (Å²) in [6, 6.07) is 6.89. The van der Waals surface area contributed by atoms with Gasteiger partial charge < -0.3 is 20.7 Å². The molecule has 1 aromatic carbocycles. The molecule has 5 nitrogen and oxygen atoms in total. The third kappa shape index (κ3) is 7.42. The highest BCUT2D eigenvalue weighted by molar-refractivity contribution is 5.72. The van der Waals surface area contributed by atoms with Gasteiger partial charge in [-0.3, -0.25) is 0 Å². The van der Waals surface area contributed by atoms with E-state index >= 15 is 0 Å². The second-order valence-electron chi connectivity index (χ2n) is 10.5. The van der Waals surface area contributed by atoms with E-state index in [-0.39, 0.29) is 29.7 Å². The Hall–Kier alpha value is -1.66. The molecule has 192 valence electrons. The van der Waals surface area contributed by atoms with Crippen molar-refractivity contribution in [1.82, 2.24) is 10.2 Å². The lowest BCUT2D eigenvalue weighted by atomic mass is 9.68. The van der Waals surface area contributed by atoms with Crippen LogP contribution in [0.2, 0.25) is 0 Å². The first kappa shape index (κ1) is 26.9. The van der Waals surface area contributed by atoms with Crippen molar-refractivity contribution in [3.8, 4) is 0 Å². The summed E-state index contributed by atoms with van der Waals surface area (Å²) in [7, 11) is 3.74. The Morgan fingerprint density at radius 2 is 2.00 bits per heavy atom. The predicted molar refractivity (Wildman–Crippen MR) is 136 cm³/mol. The number of carbonyl (C=O) groups is 1. The van der Waals surface area contributed by atoms with Crippen LogP contribution in [0.5, 0.6) is 0 Å². The normalized spacial score (nSPS) is 23.6. The zero-order valence-corrected chi connectivity index (χ0v) is 21.3. The Kier molecular flexibility index (Phi) is 11.1. The number of nitrogens with two attached hydrogens (primary N) is 1. The average Bonchev–Trinajstić information content (AvgIpc) is 2.84. The van der Waals surface area contributed by atoms with Gasteiger partial charge in [0, 0.05) is 26.3 Å². The van der Waals surface area contributed by atoms with Crippen molar-refractivity contribution >= 4 is 6.03 Å². The number of primary amides is 1. The van der Waals surface area contributed by atoms with Crippen LogP contribution >= 0.6 is 0 Å². The maximum Gasteiger partial charge on any atom is 0.315 e. The maximum absolute atomic E-state index is 14.3. The van der Waals surface area contributed by atoms with Crippen LogP contribution in [0.1, 0.15) is 82.1 Å². The first-order valence-electron chi connectivity index (χ1n) is 13.5. The Bertz CT molecular complexity index is 740. The number of hydrogen-bond donors (Lipinski definition) is 2. The molecule has 1 aliphatic carbocycles. The van der Waals surface area contributed by atoms with Crippen LogP contribution in [-0.2, 0) is 4.74 Å². The topological polar surface area (TPSA) is 67.6 Å². The quantitative estimate of drug-likeness (QED) is 0.382. The zero-order chi connectivity index (χ0) is 24.3. The van der Waals surface area contributed by atoms with Crippen molar-refractivity contribution in [2.75, 3.05) is 33.9 Å². The fraction of sp³-hybridized carbons (Fsp3) is 0.750. The van der Waals surface area contributed by atoms with Crippen LogP contribution in [0.25, 0.3) is 0 Å². The van der Waals surface area contributed by atoms with Gasteiger partial charge in [-0.25, -0.2) is 9.18 Å². The number of halogens is 1. The molecule has 1 heterocycles. The van der Waals surface area contributed by atoms with E-state index in [2.05, 4.69) is 11.4 Å². The fourth-order valence-electron chi connectivity index (χ4n) is 6.78. The molecule has 0 aromatic heterocycles. The summed E-state index contributed by atoms with van der Waals surface area (Å²) in [6.45, 7) is 2.34. The third-order valence-electron chi connectivity index (χ3n) is 8.24. The minimum Gasteiger partial charge on any atom is -0.385 e. The minimum atomic E-state index is -0.308. The molecule has 1 saturated heterocycles. The highest BCUT2D eigenvalue weighted by atomic mass is 19.1. The molecule has 1 aliphatic heterocycles. The molecule has 2 amide bonds. The first-order chi connectivity index (χ1) is 16.5. The molecule has 2 fully saturated rings. The Balaban J connectivity index is 1.92. The van der Waals surface area contributed by atoms with Crippen LogP contribution in [0, 0.1) is 23.6 Å². The summed E-state index contributed by atoms with van der Waals surface area (Å²) in [4.78, 5) is 14.6. The lowest BCUT2D eigenvalue weighted by molar-refractivity contribution is 0.0509. The Morgan fingerprint density at radius 1 is 1.21 bits per heavy atom. The van der Waals surface area contributed by atoms with E-state index in [1.54, 1.807) is 13.2 Å². The molecule has 0 spiro atoms. The van der Waals surface area contributed by atoms with Gasteiger partial charge in [-0.05, 0) is 87.1 Å². The van der Waals surface area contributed by atoms with Gasteiger partial charge in [0.1, 0.15) is 5.82 Å². The van der Waals surface area contributed by atoms with E-state index in [9.17, 15) is 9.18 Å². The van der Waals surface area contributed by atoms with Crippen molar-refractivity contribution in [2.45, 2.75) is 82.6 Å². The second-order valence-corrected chi connectivity index (χ2v) is 10.5. The molecule has 4 atom stereocenters. The van der Waals surface area contributed by atoms with E-state index in [4.69, 9.17) is 10.5 Å². The van der Waals surface area contributed by atoms with Crippen molar-refractivity contribution in [3.63, 3.8) is 0 Å². The van der Waals surface area contributed by atoms with Crippen molar-refractivity contribution in [1.29, 1.82) is 0 Å². The monoisotopic (exact) mass is 475 g/mol. The lowest BCUT2D eigenvalue weighted by Gasteiger charge is -2.48. The predicted octanol–water partition coefficient (Wildman–Crippen LogP) is 5.69. The summed E-state index contributed by atoms with van der Waals surface area (Å²) in [5.41, 5.74) is 7.03. The fourth-order valence-corrected chi connectivity index (χ4v) is 6.78. The zero-order valence-electron chi connectivity index (χ0n) is 21.3. The van der Waals surface area contributed by atoms with Crippen molar-refractivity contribution < 1.29 is 13.9 Å². The summed E-state index contributed by atoms with van der Waals surface area (Å²) in [6.07, 6.45) is 12.7. The largest absolute Gasteiger partial charge is 0.385 e. The van der Waals surface area contributed by atoms with Gasteiger partial charge in [0.15, 0.2) is 0 Å². The van der Waals surface area contributed by atoms with Gasteiger partial charge in [0.25, 0.3) is 0 Å². The molecule has 0 radical (unpaired) electrons. The van der Waals surface area contributed by atoms with Crippen LogP contribution in [0.15, 0.2) is 24.3 Å². The van der Waals surface area contributed by atoms with E-state index < -0.39 is 0 Å². The summed E-state index contributed by atoms with van der Waals surface area (Å²) < 4.78 is 19.6. The molecular formula is C28H46FN3O2. The van der Waals surface area contributed by atoms with E-state index in [1.807, 2.05) is 18.0 Å². The summed E-state index contributed by atoms with van der Waals surface area (Å²) >= 11 is 0. The SMILES string of the molecule is CNC[C@H](CC1CCCCC1)C1C([C@@H](CCCCOC)c2cccc(F)c2)CCCN1C(N)=O. The molecule has 3 N–H and O–H groups in total. The number of unbranched alkanes of at least 4 members (excludes halogenated alkanes) is 1. The van der Waals surface area contributed by atoms with Gasteiger partial charge in [0.05, 0.1) is 0 Å². The number of likely N-dealkylation sites (tertiary alicyclic amines) is 1. The molecule has 3 rings (SSSR count). The van der Waals surface area contributed by atoms with Crippen LogP contribution in [0.3, 0.4) is 0 Å². The standard InChI is InChI=1S/C28H46FN3O2/c1-31-20-23(18-21-10-4-3-5-11-21)27-26(15-9-16-32(27)28(30)33)25(14-6-7-17-34-2)22-12-8-13-24(29)19-22/h8,12-13,19,21,23,25-27,31H,3-7,9-11,14-18,20H2,1-2H3,(H2,30,33)/t23-,25-,26?,27?/m0/s1. The molecule has 1 aromatic rings. The highest BCUT2D eigenvalue weighted by Gasteiger charge is 2.43. The number of amides is 2. The molecule has 1 saturated carbocycles. The van der Waals surface area contributed by atoms with Gasteiger partial charge in [0.2, 0.25) is 0 Å². The summed E-state index contributed by atoms with van der Waals surface area (Å²) in [5, 5.41) is 3.43. The Morgan fingerprint density at radius 3 is 2.68 bits per heavy atom. The second kappa shape index (κ2) is 14.0. The molecule has 2 aliphatic rings. The Labute approximate surface area is 206 Å². The number of ether oxygens (including phenoxy) is 1. The maximum atomic E-state index is 14.3. The van der Waals surface area contributed by atoms with Crippen LogP contribution in [0.4, 0.5) is 9.18 Å². The molecular weight excluding hydrogens is 429 g/mol. The number of methoxy groups -OCH3 is 1. The number of benzene rings is 1. The van der Waals surface area contributed by atoms with E-state index in [0.717, 1.165) is 69.7 Å². The number of carbonyl (C=O) groups excluding carboxylic acids is 1. The lowest BCUT2D eigenvalue weighted by Crippen LogP contribution is -2.57. The first-order valence-corrected chi connectivity index (χ1v) is 13.5. The van der Waals surface area contributed by atoms with E-state index in [1.165, 1.54) is 38.2 Å². The van der Waals surface area contributed by atoms with Crippen LogP contribution in [-0.4, -0.2) is 50.8 Å². The third-order valence-corrected chi connectivity index (χ3v) is 8.24. The highest BCUT2D eigenvalue weighted by Crippen LogP contribution is 2.44. The van der Waals surface area contributed by atoms with Crippen LogP contribution < -0.4 is 11.1 Å². The van der Waals surface area contributed by atoms with Gasteiger partial charge >= 0.3 is 6.03 Å². The van der Waals surface area contributed by atoms with Gasteiger partial charge in [-0.15, -0.1) is 0 Å². The number of rotatable bonds is 12. The van der Waals surface area contributed by atoms with Crippen molar-refractivity contribution in [2.24, 2.45) is 23.5 Å². The summed E-state index contributed by atoms with van der Waals surface area (Å²) in [5.74, 6) is 1.35. The molecule has 6 heteroatoms. The molecule has 34 heavy (non-hydrogen) atoms. The van der Waals surface area contributed by atoms with E-state index in [0.29, 0.717) is 5.92 Å². The van der Waals surface area contributed by atoms with Gasteiger partial charge in [-0.1, -0.05) is 50.7 Å². The number of hydrogen-bond acceptors (Lipinski definition) is 3. The van der Waals surface area contributed by atoms with Gasteiger partial charge in [-0.2, -0.15) is 0 Å². The number of nitrogens with zero attached hydrogens (tertiary/aromatic N) is 1.